The van der Waals surface area contributed by atoms with Gasteiger partial charge in [-0.25, -0.2) is 0 Å². The number of hydrogen-bond acceptors (Lipinski definition) is 6. The number of benzene rings is 2. The highest BCUT2D eigenvalue weighted by atomic mass is 16.6. The van der Waals surface area contributed by atoms with Crippen LogP contribution >= 0.6 is 0 Å². The maximum Gasteiger partial charge on any atom is 0.161 e. The van der Waals surface area contributed by atoms with Gasteiger partial charge in [0, 0.05) is 41.9 Å². The molecule has 0 atom stereocenters. The molecule has 0 N–H and O–H groups in total. The number of pyridine rings is 1. The molecule has 0 saturated carbocycles. The van der Waals surface area contributed by atoms with Gasteiger partial charge in [0.25, 0.3) is 0 Å². The zero-order valence-corrected chi connectivity index (χ0v) is 19.1. The monoisotopic (exact) mass is 444 g/mol. The molecule has 33 heavy (non-hydrogen) atoms. The summed E-state index contributed by atoms with van der Waals surface area (Å²) < 4.78 is 22.7. The Hall–Kier alpha value is -3.09. The van der Waals surface area contributed by atoms with Crippen LogP contribution in [0.25, 0.3) is 22.4 Å². The molecule has 6 heteroatoms. The Balaban J connectivity index is 1.28. The summed E-state index contributed by atoms with van der Waals surface area (Å²) in [4.78, 5) is 7.44. The topological polar surface area (TPSA) is 53.0 Å². The first-order valence-corrected chi connectivity index (χ1v) is 11.5. The van der Waals surface area contributed by atoms with Gasteiger partial charge in [-0.3, -0.25) is 9.88 Å². The lowest BCUT2D eigenvalue weighted by Gasteiger charge is -2.55. The molecule has 0 bridgehead atoms. The van der Waals surface area contributed by atoms with E-state index in [9.17, 15) is 0 Å². The van der Waals surface area contributed by atoms with Crippen molar-refractivity contribution in [1.82, 2.24) is 9.88 Å². The number of fused-ring (bicyclic) bond motifs is 1. The fourth-order valence-electron chi connectivity index (χ4n) is 5.13. The van der Waals surface area contributed by atoms with Crippen molar-refractivity contribution in [3.05, 3.63) is 59.8 Å². The van der Waals surface area contributed by atoms with Gasteiger partial charge in [0.1, 0.15) is 19.0 Å². The van der Waals surface area contributed by atoms with Crippen molar-refractivity contribution in [2.24, 2.45) is 5.41 Å². The van der Waals surface area contributed by atoms with Crippen molar-refractivity contribution in [3.8, 4) is 39.6 Å². The Labute approximate surface area is 194 Å². The third-order valence-corrected chi connectivity index (χ3v) is 6.87. The molecule has 6 nitrogen and oxygen atoms in total. The Morgan fingerprint density at radius 1 is 0.970 bits per heavy atom. The minimum atomic E-state index is 0.433. The van der Waals surface area contributed by atoms with E-state index < -0.39 is 0 Å². The Kier molecular flexibility index (Phi) is 5.00. The molecule has 0 aliphatic carbocycles. The van der Waals surface area contributed by atoms with Gasteiger partial charge < -0.3 is 18.9 Å². The maximum atomic E-state index is 5.90. The van der Waals surface area contributed by atoms with Crippen LogP contribution in [0.4, 0.5) is 0 Å². The van der Waals surface area contributed by atoms with Crippen LogP contribution in [0.3, 0.4) is 0 Å². The summed E-state index contributed by atoms with van der Waals surface area (Å²) in [7, 11) is 1.71. The molecule has 3 aliphatic heterocycles. The minimum absolute atomic E-state index is 0.433. The maximum absolute atomic E-state index is 5.90. The zero-order chi connectivity index (χ0) is 22.4. The van der Waals surface area contributed by atoms with Crippen LogP contribution in [-0.4, -0.2) is 56.5 Å². The summed E-state index contributed by atoms with van der Waals surface area (Å²) in [6, 6.07) is 16.5. The second kappa shape index (κ2) is 8.04. The minimum Gasteiger partial charge on any atom is -0.495 e. The van der Waals surface area contributed by atoms with Crippen LogP contribution in [0.2, 0.25) is 0 Å². The summed E-state index contributed by atoms with van der Waals surface area (Å²) in [5.74, 6) is 2.36. The van der Waals surface area contributed by atoms with Gasteiger partial charge in [0.05, 0.1) is 26.0 Å². The van der Waals surface area contributed by atoms with Crippen LogP contribution in [0.15, 0.2) is 48.5 Å². The highest BCUT2D eigenvalue weighted by molar-refractivity contribution is 5.82. The van der Waals surface area contributed by atoms with Gasteiger partial charge in [0.15, 0.2) is 11.5 Å². The molecule has 0 amide bonds. The second-order valence-electron chi connectivity index (χ2n) is 9.32. The number of aromatic nitrogens is 1. The predicted molar refractivity (Wildman–Crippen MR) is 126 cm³/mol. The van der Waals surface area contributed by atoms with Gasteiger partial charge in [0.2, 0.25) is 0 Å². The van der Waals surface area contributed by atoms with Crippen molar-refractivity contribution in [3.63, 3.8) is 0 Å². The lowest BCUT2D eigenvalue weighted by molar-refractivity contribution is -0.191. The molecule has 1 aromatic heterocycles. The molecule has 170 valence electrons. The van der Waals surface area contributed by atoms with Gasteiger partial charge in [-0.1, -0.05) is 24.3 Å². The fraction of sp³-hybridized carbons (Fsp3) is 0.370. The first kappa shape index (κ1) is 20.5. The highest BCUT2D eigenvalue weighted by Crippen LogP contribution is 2.42. The molecule has 0 radical (unpaired) electrons. The molecule has 6 rings (SSSR count). The summed E-state index contributed by atoms with van der Waals surface area (Å²) in [5, 5.41) is 0. The second-order valence-corrected chi connectivity index (χ2v) is 9.32. The number of hydrogen-bond donors (Lipinski definition) is 0. The highest BCUT2D eigenvalue weighted by Gasteiger charge is 2.48. The first-order chi connectivity index (χ1) is 16.1. The molecule has 2 fully saturated rings. The van der Waals surface area contributed by atoms with Gasteiger partial charge in [-0.05, 0) is 42.3 Å². The number of para-hydroxylation sites is 1. The van der Waals surface area contributed by atoms with E-state index in [1.165, 1.54) is 5.56 Å². The molecule has 2 aromatic carbocycles. The van der Waals surface area contributed by atoms with Crippen molar-refractivity contribution < 1.29 is 18.9 Å². The lowest BCUT2D eigenvalue weighted by atomic mass is 9.78. The summed E-state index contributed by atoms with van der Waals surface area (Å²) in [5.41, 5.74) is 6.69. The number of likely N-dealkylation sites (tertiary alicyclic amines) is 1. The number of methoxy groups -OCH3 is 1. The third kappa shape index (κ3) is 3.63. The number of nitrogens with zero attached hydrogens (tertiary/aromatic N) is 2. The number of ether oxygens (including phenoxy) is 4. The lowest BCUT2D eigenvalue weighted by Crippen LogP contribution is -2.65. The van der Waals surface area contributed by atoms with Crippen LogP contribution in [0, 0.1) is 12.3 Å². The standard InChI is InChI=1S/C27H28N2O4/c1-18-20(13-29-14-27(15-29)16-31-17-27)6-8-23(28-18)22-5-3-4-21(26(22)30-2)19-7-9-24-25(12-19)33-11-10-32-24/h3-9,12H,10-11,13-17H2,1-2H3. The first-order valence-electron chi connectivity index (χ1n) is 11.5. The Morgan fingerprint density at radius 2 is 1.76 bits per heavy atom. The molecular formula is C27H28N2O4. The van der Waals surface area contributed by atoms with E-state index in [4.69, 9.17) is 23.9 Å². The van der Waals surface area contributed by atoms with E-state index in [1.807, 2.05) is 18.2 Å². The predicted octanol–water partition coefficient (Wildman–Crippen LogP) is 4.34. The van der Waals surface area contributed by atoms with Crippen LogP contribution in [0.5, 0.6) is 17.2 Å². The zero-order valence-electron chi connectivity index (χ0n) is 19.1. The average Bonchev–Trinajstić information content (AvgIpc) is 2.80. The summed E-state index contributed by atoms with van der Waals surface area (Å²) in [6.45, 7) is 8.26. The van der Waals surface area contributed by atoms with Gasteiger partial charge in [-0.2, -0.15) is 0 Å². The Bertz CT molecular complexity index is 1200. The van der Waals surface area contributed by atoms with Crippen LogP contribution in [0.1, 0.15) is 11.3 Å². The number of rotatable bonds is 5. The Morgan fingerprint density at radius 3 is 2.48 bits per heavy atom. The van der Waals surface area contributed by atoms with Crippen molar-refractivity contribution in [2.45, 2.75) is 13.5 Å². The fourth-order valence-corrected chi connectivity index (χ4v) is 5.13. The van der Waals surface area contributed by atoms with Gasteiger partial charge >= 0.3 is 0 Å². The van der Waals surface area contributed by atoms with E-state index >= 15 is 0 Å². The molecule has 0 unspecified atom stereocenters. The third-order valence-electron chi connectivity index (χ3n) is 6.87. The van der Waals surface area contributed by atoms with Crippen molar-refractivity contribution >= 4 is 0 Å². The average molecular weight is 445 g/mol. The molecule has 4 heterocycles. The normalized spacial score (nSPS) is 18.5. The van der Waals surface area contributed by atoms with E-state index in [0.717, 1.165) is 78.2 Å². The van der Waals surface area contributed by atoms with Crippen LogP contribution in [-0.2, 0) is 11.3 Å². The van der Waals surface area contributed by atoms with E-state index in [2.05, 4.69) is 42.2 Å². The quantitative estimate of drug-likeness (QED) is 0.584. The molecule has 3 aliphatic rings. The largest absolute Gasteiger partial charge is 0.495 e. The summed E-state index contributed by atoms with van der Waals surface area (Å²) >= 11 is 0. The summed E-state index contributed by atoms with van der Waals surface area (Å²) in [6.07, 6.45) is 0. The van der Waals surface area contributed by atoms with Crippen molar-refractivity contribution in [1.29, 1.82) is 0 Å². The molecule has 1 spiro atoms. The van der Waals surface area contributed by atoms with Crippen LogP contribution < -0.4 is 14.2 Å². The number of aryl methyl sites for hydroxylation is 1. The SMILES string of the molecule is COc1c(-c2ccc3c(c2)OCCO3)cccc1-c1ccc(CN2CC3(COC3)C2)c(C)n1. The van der Waals surface area contributed by atoms with Gasteiger partial charge in [-0.15, -0.1) is 0 Å². The van der Waals surface area contributed by atoms with E-state index in [-0.39, 0.29) is 0 Å². The smallest absolute Gasteiger partial charge is 0.161 e. The van der Waals surface area contributed by atoms with Crippen molar-refractivity contribution in [2.75, 3.05) is 46.6 Å². The van der Waals surface area contributed by atoms with E-state index in [0.29, 0.717) is 18.6 Å². The molecule has 2 saturated heterocycles. The van der Waals surface area contributed by atoms with E-state index in [1.54, 1.807) is 7.11 Å². The molecule has 3 aromatic rings. The molecular weight excluding hydrogens is 416 g/mol.